The molecule has 1 aromatic carbocycles. The molecular formula is C27H30FN5O2. The Hall–Kier alpha value is -3.55. The number of benzene rings is 1. The number of carbonyl (C=O) groups excluding carboxylic acids is 1. The van der Waals surface area contributed by atoms with Crippen LogP contribution in [0.25, 0.3) is 11.5 Å². The van der Waals surface area contributed by atoms with Gasteiger partial charge in [-0.1, -0.05) is 13.0 Å². The molecule has 7 nitrogen and oxygen atoms in total. The minimum absolute atomic E-state index is 0.0376. The van der Waals surface area contributed by atoms with Crippen molar-refractivity contribution >= 4 is 17.4 Å². The van der Waals surface area contributed by atoms with Gasteiger partial charge in [-0.05, 0) is 62.8 Å². The average Bonchev–Trinajstić information content (AvgIpc) is 3.36. The van der Waals surface area contributed by atoms with Crippen molar-refractivity contribution in [3.05, 3.63) is 59.7 Å². The quantitative estimate of drug-likeness (QED) is 0.498. The molecule has 8 heteroatoms. The summed E-state index contributed by atoms with van der Waals surface area (Å²) in [7, 11) is 1.93. The maximum absolute atomic E-state index is 13.8. The summed E-state index contributed by atoms with van der Waals surface area (Å²) in [6.07, 6.45) is 6.95. The lowest BCUT2D eigenvalue weighted by molar-refractivity contribution is -0.120. The summed E-state index contributed by atoms with van der Waals surface area (Å²) in [5.74, 6) is 1.68. The number of fused-ring (bicyclic) bond motifs is 1. The molecule has 0 bridgehead atoms. The van der Waals surface area contributed by atoms with Gasteiger partial charge in [0.05, 0.1) is 6.61 Å². The molecule has 1 atom stereocenters. The van der Waals surface area contributed by atoms with Crippen molar-refractivity contribution in [2.24, 2.45) is 0 Å². The highest BCUT2D eigenvalue weighted by molar-refractivity contribution is 5.99. The third-order valence-corrected chi connectivity index (χ3v) is 6.68. The summed E-state index contributed by atoms with van der Waals surface area (Å²) in [6, 6.07) is 9.55. The van der Waals surface area contributed by atoms with Gasteiger partial charge >= 0.3 is 0 Å². The molecule has 35 heavy (non-hydrogen) atoms. The highest BCUT2D eigenvalue weighted by Crippen LogP contribution is 2.34. The Bertz CT molecular complexity index is 1230. The topological polar surface area (TPSA) is 71.5 Å². The number of hydrogen-bond donors (Lipinski definition) is 0. The van der Waals surface area contributed by atoms with Gasteiger partial charge in [-0.15, -0.1) is 0 Å². The molecule has 182 valence electrons. The second-order valence-corrected chi connectivity index (χ2v) is 9.11. The third-order valence-electron chi connectivity index (χ3n) is 6.68. The number of carbonyl (C=O) groups is 1. The zero-order valence-electron chi connectivity index (χ0n) is 20.2. The van der Waals surface area contributed by atoms with E-state index in [2.05, 4.69) is 11.9 Å². The Morgan fingerprint density at radius 3 is 2.89 bits per heavy atom. The molecule has 2 aromatic heterocycles. The minimum Gasteiger partial charge on any atom is -0.493 e. The molecule has 0 radical (unpaired) electrons. The van der Waals surface area contributed by atoms with Crippen molar-refractivity contribution in [3.8, 4) is 17.3 Å². The molecule has 0 unspecified atom stereocenters. The van der Waals surface area contributed by atoms with E-state index in [0.29, 0.717) is 36.8 Å². The fourth-order valence-corrected chi connectivity index (χ4v) is 4.93. The van der Waals surface area contributed by atoms with Crippen LogP contribution in [0.1, 0.15) is 43.9 Å². The number of anilines is 2. The van der Waals surface area contributed by atoms with Gasteiger partial charge in [0.2, 0.25) is 5.91 Å². The fraction of sp³-hybridized carbons (Fsp3) is 0.407. The van der Waals surface area contributed by atoms with Crippen molar-refractivity contribution in [1.82, 2.24) is 15.0 Å². The highest BCUT2D eigenvalue weighted by Gasteiger charge is 2.35. The lowest BCUT2D eigenvalue weighted by atomic mass is 10.0. The largest absolute Gasteiger partial charge is 0.493 e. The second kappa shape index (κ2) is 9.98. The van der Waals surface area contributed by atoms with E-state index in [9.17, 15) is 9.18 Å². The summed E-state index contributed by atoms with van der Waals surface area (Å²) < 4.78 is 19.6. The van der Waals surface area contributed by atoms with Gasteiger partial charge in [-0.25, -0.2) is 14.4 Å². The third kappa shape index (κ3) is 4.70. The second-order valence-electron chi connectivity index (χ2n) is 9.11. The molecule has 1 aliphatic carbocycles. The first-order chi connectivity index (χ1) is 17.0. The van der Waals surface area contributed by atoms with E-state index < -0.39 is 0 Å². The fourth-order valence-electron chi connectivity index (χ4n) is 4.93. The lowest BCUT2D eigenvalue weighted by Gasteiger charge is -2.38. The molecule has 0 saturated carbocycles. The molecule has 1 amide bonds. The SMILES string of the molecule is CCCOc1ccnc(-c2nc3c(c(N(C)[C@@H]4CCCN(c5cccc(F)c5)C4=O)n2)CCC3)c1. The maximum Gasteiger partial charge on any atom is 0.249 e. The van der Waals surface area contributed by atoms with Crippen LogP contribution in [0.2, 0.25) is 0 Å². The monoisotopic (exact) mass is 475 g/mol. The van der Waals surface area contributed by atoms with Gasteiger partial charge < -0.3 is 14.5 Å². The van der Waals surface area contributed by atoms with Crippen molar-refractivity contribution in [2.45, 2.75) is 51.5 Å². The predicted molar refractivity (Wildman–Crippen MR) is 133 cm³/mol. The van der Waals surface area contributed by atoms with Gasteiger partial charge in [0, 0.05) is 42.8 Å². The summed E-state index contributed by atoms with van der Waals surface area (Å²) in [6.45, 7) is 3.28. The van der Waals surface area contributed by atoms with Crippen LogP contribution in [0, 0.1) is 5.82 Å². The molecule has 1 aliphatic heterocycles. The number of piperidine rings is 1. The van der Waals surface area contributed by atoms with E-state index >= 15 is 0 Å². The molecular weight excluding hydrogens is 445 g/mol. The minimum atomic E-state index is -0.383. The number of rotatable bonds is 7. The standard InChI is InChI=1S/C27H30FN5O2/c1-3-15-35-20-12-13-29-23(17-20)25-30-22-10-5-9-21(22)26(31-25)32(2)24-11-6-14-33(27(24)34)19-8-4-7-18(28)16-19/h4,7-8,12-13,16-17,24H,3,5-6,9-11,14-15H2,1-2H3/t24-/m1/s1. The Morgan fingerprint density at radius 1 is 1.17 bits per heavy atom. The van der Waals surface area contributed by atoms with E-state index in [0.717, 1.165) is 54.9 Å². The van der Waals surface area contributed by atoms with Crippen molar-refractivity contribution < 1.29 is 13.9 Å². The molecule has 0 N–H and O–H groups in total. The Labute approximate surface area is 205 Å². The Kier molecular flexibility index (Phi) is 6.61. The normalized spacial score (nSPS) is 17.4. The van der Waals surface area contributed by atoms with Crippen LogP contribution in [-0.2, 0) is 17.6 Å². The summed E-state index contributed by atoms with van der Waals surface area (Å²) in [5, 5.41) is 0. The first kappa shape index (κ1) is 23.2. The van der Waals surface area contributed by atoms with Crippen LogP contribution < -0.4 is 14.5 Å². The number of halogens is 1. The van der Waals surface area contributed by atoms with Gasteiger partial charge in [0.1, 0.15) is 29.1 Å². The first-order valence-electron chi connectivity index (χ1n) is 12.3. The van der Waals surface area contributed by atoms with Crippen LogP contribution in [0.4, 0.5) is 15.9 Å². The van der Waals surface area contributed by atoms with E-state index in [4.69, 9.17) is 14.7 Å². The Morgan fingerprint density at radius 2 is 2.06 bits per heavy atom. The number of amides is 1. The molecule has 2 aliphatic rings. The van der Waals surface area contributed by atoms with Crippen LogP contribution in [0.5, 0.6) is 5.75 Å². The van der Waals surface area contributed by atoms with Gasteiger partial charge in [-0.3, -0.25) is 9.78 Å². The van der Waals surface area contributed by atoms with E-state index in [1.807, 2.05) is 24.1 Å². The van der Waals surface area contributed by atoms with Gasteiger partial charge in [-0.2, -0.15) is 0 Å². The molecule has 1 fully saturated rings. The molecule has 0 spiro atoms. The average molecular weight is 476 g/mol. The van der Waals surface area contributed by atoms with Crippen molar-refractivity contribution in [1.29, 1.82) is 0 Å². The summed E-state index contributed by atoms with van der Waals surface area (Å²) >= 11 is 0. The van der Waals surface area contributed by atoms with Crippen LogP contribution in [0.15, 0.2) is 42.6 Å². The van der Waals surface area contributed by atoms with Gasteiger partial charge in [0.25, 0.3) is 0 Å². The molecule has 3 aromatic rings. The first-order valence-corrected chi connectivity index (χ1v) is 12.3. The number of aromatic nitrogens is 3. The smallest absolute Gasteiger partial charge is 0.249 e. The molecule has 3 heterocycles. The summed E-state index contributed by atoms with van der Waals surface area (Å²) in [5.41, 5.74) is 3.36. The van der Waals surface area contributed by atoms with Crippen LogP contribution in [0.3, 0.4) is 0 Å². The molecule has 5 rings (SSSR count). The zero-order valence-corrected chi connectivity index (χ0v) is 20.2. The lowest BCUT2D eigenvalue weighted by Crippen LogP contribution is -2.52. The number of ether oxygens (including phenoxy) is 1. The maximum atomic E-state index is 13.8. The number of pyridine rings is 1. The Balaban J connectivity index is 1.47. The summed E-state index contributed by atoms with van der Waals surface area (Å²) in [4.78, 5) is 31.5. The van der Waals surface area contributed by atoms with Gasteiger partial charge in [0.15, 0.2) is 5.82 Å². The van der Waals surface area contributed by atoms with Crippen LogP contribution >= 0.6 is 0 Å². The van der Waals surface area contributed by atoms with E-state index in [-0.39, 0.29) is 17.8 Å². The number of nitrogens with zero attached hydrogens (tertiary/aromatic N) is 5. The zero-order chi connectivity index (χ0) is 24.4. The number of hydrogen-bond acceptors (Lipinski definition) is 6. The van der Waals surface area contributed by atoms with Crippen molar-refractivity contribution in [2.75, 3.05) is 30.0 Å². The predicted octanol–water partition coefficient (Wildman–Crippen LogP) is 4.59. The van der Waals surface area contributed by atoms with Crippen LogP contribution in [-0.4, -0.2) is 47.1 Å². The van der Waals surface area contributed by atoms with E-state index in [1.54, 1.807) is 23.2 Å². The van der Waals surface area contributed by atoms with Crippen molar-refractivity contribution in [3.63, 3.8) is 0 Å². The molecule has 1 saturated heterocycles. The number of likely N-dealkylation sites (N-methyl/N-ethyl adjacent to an activating group) is 1. The number of aryl methyl sites for hydroxylation is 1. The highest BCUT2D eigenvalue weighted by atomic mass is 19.1. The van der Waals surface area contributed by atoms with E-state index in [1.165, 1.54) is 12.1 Å².